The monoisotopic (exact) mass is 1220 g/mol. The van der Waals surface area contributed by atoms with Crippen molar-refractivity contribution in [3.8, 4) is 11.1 Å². The lowest BCUT2D eigenvalue weighted by atomic mass is 9.75. The number of ether oxygens (including phenoxy) is 1. The summed E-state index contributed by atoms with van der Waals surface area (Å²) >= 11 is 6.72. The number of amides is 4. The lowest BCUT2D eigenvalue weighted by Crippen LogP contribution is -2.31. The van der Waals surface area contributed by atoms with Gasteiger partial charge in [-0.15, -0.1) is 0 Å². The molecule has 410 valence electrons. The van der Waals surface area contributed by atoms with E-state index in [1.165, 1.54) is 93.7 Å². The van der Waals surface area contributed by atoms with Crippen molar-refractivity contribution in [1.29, 1.82) is 0 Å². The number of carbonyl (C=O) groups excluding carboxylic acids is 6. The predicted octanol–water partition coefficient (Wildman–Crippen LogP) is 11.5. The second kappa shape index (κ2) is 25.9. The first-order valence-electron chi connectivity index (χ1n) is 26.7. The molecule has 3 aliphatic heterocycles. The first kappa shape index (κ1) is 57.3. The van der Waals surface area contributed by atoms with E-state index >= 15 is 0 Å². The molecular formula is C68H52BBr2N3O9. The number of hydrogen-bond acceptors (Lipinski definition) is 10. The van der Waals surface area contributed by atoms with Crippen molar-refractivity contribution in [3.63, 3.8) is 0 Å². The largest absolute Gasteiger partial charge is 0.489 e. The number of imide groups is 2. The highest BCUT2D eigenvalue weighted by molar-refractivity contribution is 9.10. The molecule has 83 heavy (non-hydrogen) atoms. The number of nitrogens with zero attached hydrogens (tertiary/aromatic N) is 2. The van der Waals surface area contributed by atoms with Crippen molar-refractivity contribution in [3.05, 3.63) is 244 Å². The first-order chi connectivity index (χ1) is 40.2. The zero-order chi connectivity index (χ0) is 58.1. The van der Waals surface area contributed by atoms with Crippen molar-refractivity contribution in [2.24, 2.45) is 5.73 Å². The Morgan fingerprint density at radius 3 is 1.17 bits per heavy atom. The van der Waals surface area contributed by atoms with Crippen LogP contribution in [0.4, 0.5) is 0 Å². The summed E-state index contributed by atoms with van der Waals surface area (Å²) in [5.41, 5.74) is 11.8. The maximum absolute atomic E-state index is 11.7. The smallest absolute Gasteiger partial charge is 0.423 e. The van der Waals surface area contributed by atoms with Gasteiger partial charge >= 0.3 is 19.1 Å². The maximum Gasteiger partial charge on any atom is 0.489 e. The van der Waals surface area contributed by atoms with E-state index in [-0.39, 0.29) is 23.6 Å². The molecule has 0 bridgehead atoms. The van der Waals surface area contributed by atoms with Crippen LogP contribution in [-0.4, -0.2) is 82.2 Å². The summed E-state index contributed by atoms with van der Waals surface area (Å²) in [6.45, 7) is 1.57. The molecule has 12 nitrogen and oxygen atoms in total. The highest BCUT2D eigenvalue weighted by Crippen LogP contribution is 2.39. The molecule has 0 saturated heterocycles. The van der Waals surface area contributed by atoms with Gasteiger partial charge in [-0.25, -0.2) is 9.59 Å². The molecule has 15 heteroatoms. The van der Waals surface area contributed by atoms with Crippen LogP contribution in [0.1, 0.15) is 16.7 Å². The molecule has 4 amide bonds. The molecule has 0 spiro atoms. The van der Waals surface area contributed by atoms with Gasteiger partial charge in [0.2, 0.25) is 0 Å². The van der Waals surface area contributed by atoms with Gasteiger partial charge in [0.05, 0.1) is 0 Å². The number of rotatable bonds is 10. The van der Waals surface area contributed by atoms with Crippen LogP contribution < -0.4 is 11.2 Å². The molecule has 0 fully saturated rings. The summed E-state index contributed by atoms with van der Waals surface area (Å²) in [5, 5.41) is 33.4. The number of nitrogens with two attached hydrogens (primary N) is 1. The summed E-state index contributed by atoms with van der Waals surface area (Å²) in [7, 11) is -1.44. The quantitative estimate of drug-likeness (QED) is 0.0391. The van der Waals surface area contributed by atoms with Crippen LogP contribution in [0.3, 0.4) is 0 Å². The van der Waals surface area contributed by atoms with Gasteiger partial charge in [0.25, 0.3) is 23.6 Å². The molecule has 0 unspecified atom stereocenters. The molecule has 3 heterocycles. The third kappa shape index (κ3) is 13.2. The van der Waals surface area contributed by atoms with Crippen LogP contribution in [-0.2, 0) is 52.8 Å². The van der Waals surface area contributed by atoms with Crippen LogP contribution in [0.5, 0.6) is 0 Å². The molecule has 0 saturated carbocycles. The van der Waals surface area contributed by atoms with Gasteiger partial charge in [-0.1, -0.05) is 190 Å². The molecular weight excluding hydrogens is 1170 g/mol. The van der Waals surface area contributed by atoms with Gasteiger partial charge in [0, 0.05) is 58.5 Å². The fourth-order valence-corrected chi connectivity index (χ4v) is 10.9. The lowest BCUT2D eigenvalue weighted by molar-refractivity contribution is -0.150. The predicted molar refractivity (Wildman–Crippen MR) is 336 cm³/mol. The lowest BCUT2D eigenvalue weighted by Gasteiger charge is -2.15. The Bertz CT molecular complexity index is 4250. The zero-order valence-electron chi connectivity index (χ0n) is 44.6. The van der Waals surface area contributed by atoms with Crippen LogP contribution >= 0.6 is 31.9 Å². The van der Waals surface area contributed by atoms with E-state index in [0.29, 0.717) is 31.4 Å². The van der Waals surface area contributed by atoms with Gasteiger partial charge in [0.15, 0.2) is 0 Å². The third-order valence-corrected chi connectivity index (χ3v) is 15.6. The van der Waals surface area contributed by atoms with Gasteiger partial charge in [0.1, 0.15) is 0 Å². The minimum Gasteiger partial charge on any atom is -0.423 e. The van der Waals surface area contributed by atoms with Crippen molar-refractivity contribution < 1.29 is 43.6 Å². The fraction of sp³-hybridized carbons (Fsp3) is 0.0882. The second-order valence-electron chi connectivity index (χ2n) is 19.7. The van der Waals surface area contributed by atoms with E-state index in [2.05, 4.69) is 152 Å². The van der Waals surface area contributed by atoms with Gasteiger partial charge in [-0.3, -0.25) is 29.0 Å². The Morgan fingerprint density at radius 2 is 0.759 bits per heavy atom. The van der Waals surface area contributed by atoms with Gasteiger partial charge in [-0.2, -0.15) is 0 Å². The van der Waals surface area contributed by atoms with Crippen molar-refractivity contribution in [2.45, 2.75) is 19.3 Å². The number of benzene rings is 11. The molecule has 0 radical (unpaired) electrons. The van der Waals surface area contributed by atoms with Crippen LogP contribution in [0, 0.1) is 0 Å². The second-order valence-corrected chi connectivity index (χ2v) is 21.6. The van der Waals surface area contributed by atoms with E-state index in [1.807, 2.05) is 60.7 Å². The van der Waals surface area contributed by atoms with Crippen molar-refractivity contribution in [1.82, 2.24) is 9.80 Å². The number of hydrogen-bond donors (Lipinski definition) is 3. The molecule has 4 N–H and O–H groups in total. The highest BCUT2D eigenvalue weighted by Gasteiger charge is 2.24. The topological polar surface area (TPSA) is 185 Å². The molecule has 0 aromatic heterocycles. The first-order valence-corrected chi connectivity index (χ1v) is 28.3. The Morgan fingerprint density at radius 1 is 0.398 bits per heavy atom. The standard InChI is InChI=1S/C28H19NO2.C16H11BO2.C12H10BrNO2.C8H10BrN.C4H2O3/c30-25-14-15-26(31)29(25)17-16-18-4-6-19(7-5-18)23-12-10-22-9-8-20-2-1-3-21-11-13-24(23)28(22)27(20)21;18-17(19)14-9-7-12-5-4-10-2-1-3-11-6-8-13(14)16(12)15(10)11;13-10-3-1-9(2-4-10)7-8-14-11(15)5-6-12(14)16;9-8-3-1-7(2-4-8)5-6-10;5-3-1-2-4(6)7-3/h1-15H,16-17H2;1-9,18-19H;1-6H,7-8H2;1-4H,5-6,10H2;1-2H. The van der Waals surface area contributed by atoms with E-state index in [0.717, 1.165) is 66.9 Å². The molecule has 0 atom stereocenters. The Kier molecular flexibility index (Phi) is 17.9. The minimum atomic E-state index is -1.44. The van der Waals surface area contributed by atoms with Crippen molar-refractivity contribution >= 4 is 145 Å². The summed E-state index contributed by atoms with van der Waals surface area (Å²) in [6.07, 6.45) is 9.76. The van der Waals surface area contributed by atoms with Crippen LogP contribution in [0.25, 0.3) is 75.8 Å². The number of esters is 2. The maximum atomic E-state index is 11.7. The van der Waals surface area contributed by atoms with E-state index in [1.54, 1.807) is 6.07 Å². The minimum absolute atomic E-state index is 0.220. The van der Waals surface area contributed by atoms with E-state index < -0.39 is 19.1 Å². The molecule has 14 rings (SSSR count). The molecule has 3 aliphatic rings. The SMILES string of the molecule is NCCc1ccc(Br)cc1.O=C1C=CC(=O)N1CCc1ccc(-c2ccc3ccc4cccc5ccc2c3c45)cc1.O=C1C=CC(=O)N1CCc1ccc(Br)cc1.O=C1C=CC(=O)O1.OB(O)c1ccc2ccc3cccc4ccc1c2c34. The number of halogens is 2. The molecule has 0 aliphatic carbocycles. The highest BCUT2D eigenvalue weighted by atomic mass is 79.9. The summed E-state index contributed by atoms with van der Waals surface area (Å²) in [4.78, 5) is 68.4. The third-order valence-electron chi connectivity index (χ3n) is 14.5. The van der Waals surface area contributed by atoms with Gasteiger partial charge < -0.3 is 20.5 Å². The Labute approximate surface area is 494 Å². The van der Waals surface area contributed by atoms with Crippen LogP contribution in [0.15, 0.2) is 227 Å². The summed E-state index contributed by atoms with van der Waals surface area (Å²) in [5.74, 6) is -2.05. The van der Waals surface area contributed by atoms with Gasteiger partial charge in [-0.05, 0) is 148 Å². The van der Waals surface area contributed by atoms with Crippen molar-refractivity contribution in [2.75, 3.05) is 19.6 Å². The Balaban J connectivity index is 0.000000127. The van der Waals surface area contributed by atoms with E-state index in [9.17, 15) is 38.8 Å². The average molecular weight is 1230 g/mol. The normalized spacial score (nSPS) is 13.5. The van der Waals surface area contributed by atoms with Crippen LogP contribution in [0.2, 0.25) is 0 Å². The number of cyclic esters (lactones) is 2. The fourth-order valence-electron chi connectivity index (χ4n) is 10.4. The number of carbonyl (C=O) groups is 6. The summed E-state index contributed by atoms with van der Waals surface area (Å²) < 4.78 is 6.11. The average Bonchev–Trinajstić information content (AvgIpc) is 4.36. The Hall–Kier alpha value is -8.96. The zero-order valence-corrected chi connectivity index (χ0v) is 47.8. The molecule has 11 aromatic carbocycles. The molecule has 11 aromatic rings. The summed E-state index contributed by atoms with van der Waals surface area (Å²) in [6, 6.07) is 62.4. The van der Waals surface area contributed by atoms with E-state index in [4.69, 9.17) is 5.73 Å².